The topological polar surface area (TPSA) is 38.3 Å². The average molecular weight is 369 g/mol. The van der Waals surface area contributed by atoms with Crippen LogP contribution in [-0.2, 0) is 30.0 Å². The number of nitrogens with one attached hydrogen (secondary N) is 1. The zero-order valence-electron chi connectivity index (χ0n) is 13.7. The second-order valence-corrected chi connectivity index (χ2v) is 7.06. The minimum Gasteiger partial charge on any atom is -0.496 e. The molecule has 0 aromatic heterocycles. The summed E-state index contributed by atoms with van der Waals surface area (Å²) in [7, 11) is -0.0431. The van der Waals surface area contributed by atoms with E-state index < -0.39 is 22.7 Å². The smallest absolute Gasteiger partial charge is 0.416 e. The Morgan fingerprint density at radius 3 is 2.48 bits per heavy atom. The fraction of sp³-hybridized carbons (Fsp3) is 0.333. The van der Waals surface area contributed by atoms with E-state index in [2.05, 4.69) is 4.72 Å². The van der Waals surface area contributed by atoms with Crippen LogP contribution in [0, 0.1) is 0 Å². The first-order valence-corrected chi connectivity index (χ1v) is 9.09. The number of hydrogen-bond acceptors (Lipinski definition) is 2. The van der Waals surface area contributed by atoms with Crippen LogP contribution in [0.1, 0.15) is 29.5 Å². The molecule has 0 saturated carbocycles. The number of halogens is 3. The highest BCUT2D eigenvalue weighted by Crippen LogP contribution is 2.34. The monoisotopic (exact) mass is 369 g/mol. The Bertz CT molecular complexity index is 805. The van der Waals surface area contributed by atoms with Gasteiger partial charge in [0.2, 0.25) is 0 Å². The highest BCUT2D eigenvalue weighted by atomic mass is 32.2. The van der Waals surface area contributed by atoms with Crippen LogP contribution in [0.3, 0.4) is 0 Å². The summed E-state index contributed by atoms with van der Waals surface area (Å²) < 4.78 is 59.2. The molecule has 1 N–H and O–H groups in total. The van der Waals surface area contributed by atoms with Crippen molar-refractivity contribution in [3.05, 3.63) is 53.1 Å². The van der Waals surface area contributed by atoms with Crippen molar-refractivity contribution in [1.82, 2.24) is 0 Å². The van der Waals surface area contributed by atoms with Gasteiger partial charge >= 0.3 is 6.18 Å². The number of anilines is 1. The molecule has 25 heavy (non-hydrogen) atoms. The maximum Gasteiger partial charge on any atom is 0.416 e. The lowest BCUT2D eigenvalue weighted by Crippen LogP contribution is -2.13. The summed E-state index contributed by atoms with van der Waals surface area (Å²) >= 11 is 0. The zero-order chi connectivity index (χ0) is 18.0. The van der Waals surface area contributed by atoms with Gasteiger partial charge in [-0.05, 0) is 67.1 Å². The van der Waals surface area contributed by atoms with Crippen molar-refractivity contribution in [2.45, 2.75) is 36.8 Å². The fourth-order valence-electron chi connectivity index (χ4n) is 3.09. The van der Waals surface area contributed by atoms with Crippen molar-refractivity contribution >= 4 is 16.7 Å². The van der Waals surface area contributed by atoms with Gasteiger partial charge in [-0.1, -0.05) is 6.07 Å². The summed E-state index contributed by atoms with van der Waals surface area (Å²) in [4.78, 5) is 0.605. The first kappa shape index (κ1) is 17.8. The van der Waals surface area contributed by atoms with Crippen LogP contribution in [0.2, 0.25) is 0 Å². The van der Waals surface area contributed by atoms with Crippen molar-refractivity contribution in [2.75, 3.05) is 11.8 Å². The summed E-state index contributed by atoms with van der Waals surface area (Å²) in [6.07, 6.45) is -0.752. The summed E-state index contributed by atoms with van der Waals surface area (Å²) in [5, 5.41) is 0. The van der Waals surface area contributed by atoms with Gasteiger partial charge in [0.1, 0.15) is 5.75 Å². The van der Waals surface area contributed by atoms with E-state index in [-0.39, 0.29) is 5.69 Å². The van der Waals surface area contributed by atoms with Crippen molar-refractivity contribution < 1.29 is 22.1 Å². The van der Waals surface area contributed by atoms with Crippen molar-refractivity contribution in [3.8, 4) is 5.75 Å². The maximum absolute atomic E-state index is 12.8. The zero-order valence-corrected chi connectivity index (χ0v) is 14.5. The molecule has 1 unspecified atom stereocenters. The van der Waals surface area contributed by atoms with Gasteiger partial charge in [0.15, 0.2) is 11.0 Å². The lowest BCUT2D eigenvalue weighted by molar-refractivity contribution is -0.137. The molecule has 0 radical (unpaired) electrons. The van der Waals surface area contributed by atoms with Gasteiger partial charge in [0.05, 0.1) is 17.6 Å². The Morgan fingerprint density at radius 1 is 1.08 bits per heavy atom. The van der Waals surface area contributed by atoms with Crippen LogP contribution in [0.25, 0.3) is 0 Å². The highest BCUT2D eigenvalue weighted by Gasteiger charge is 2.30. The molecule has 2 aromatic carbocycles. The number of hydrogen-bond donors (Lipinski definition) is 1. The average Bonchev–Trinajstić information content (AvgIpc) is 2.60. The molecule has 134 valence electrons. The van der Waals surface area contributed by atoms with E-state index in [0.29, 0.717) is 4.90 Å². The van der Waals surface area contributed by atoms with Crippen molar-refractivity contribution in [3.63, 3.8) is 0 Å². The van der Waals surface area contributed by atoms with Crippen LogP contribution in [0.5, 0.6) is 5.75 Å². The minimum atomic E-state index is -4.43. The number of methoxy groups -OCH3 is 1. The summed E-state index contributed by atoms with van der Waals surface area (Å²) in [6, 6.07) is 8.22. The van der Waals surface area contributed by atoms with Gasteiger partial charge in [-0.15, -0.1) is 0 Å². The van der Waals surface area contributed by atoms with Gasteiger partial charge in [0, 0.05) is 5.69 Å². The number of ether oxygens (including phenoxy) is 1. The second kappa shape index (κ2) is 7.07. The Balaban J connectivity index is 1.90. The van der Waals surface area contributed by atoms with Crippen LogP contribution in [-0.4, -0.2) is 11.3 Å². The van der Waals surface area contributed by atoms with Crippen LogP contribution >= 0.6 is 0 Å². The lowest BCUT2D eigenvalue weighted by atomic mass is 9.91. The molecule has 0 saturated heterocycles. The van der Waals surface area contributed by atoms with Gasteiger partial charge in [-0.2, -0.15) is 13.2 Å². The van der Waals surface area contributed by atoms with Gasteiger partial charge < -0.3 is 9.46 Å². The summed E-state index contributed by atoms with van der Waals surface area (Å²) in [5.74, 6) is 0.773. The molecule has 1 aliphatic carbocycles. The first-order chi connectivity index (χ1) is 11.9. The number of alkyl halides is 3. The molecule has 3 nitrogen and oxygen atoms in total. The van der Waals surface area contributed by atoms with E-state index in [0.717, 1.165) is 54.7 Å². The maximum atomic E-state index is 12.8. The van der Waals surface area contributed by atoms with Crippen molar-refractivity contribution in [1.29, 1.82) is 0 Å². The van der Waals surface area contributed by atoms with Gasteiger partial charge in [-0.3, -0.25) is 0 Å². The molecule has 0 bridgehead atoms. The third-order valence-corrected chi connectivity index (χ3v) is 5.47. The van der Waals surface area contributed by atoms with E-state index in [1.165, 1.54) is 12.1 Å². The molecule has 0 amide bonds. The summed E-state index contributed by atoms with van der Waals surface area (Å²) in [5.41, 5.74) is 1.42. The van der Waals surface area contributed by atoms with Crippen LogP contribution in [0.4, 0.5) is 18.9 Å². The Kier molecular flexibility index (Phi) is 5.03. The second-order valence-electron chi connectivity index (χ2n) is 5.88. The third kappa shape index (κ3) is 3.81. The molecule has 0 aliphatic heterocycles. The molecule has 0 fully saturated rings. The van der Waals surface area contributed by atoms with Gasteiger partial charge in [0.25, 0.3) is 0 Å². The predicted octanol–water partition coefficient (Wildman–Crippen LogP) is 4.73. The highest BCUT2D eigenvalue weighted by molar-refractivity contribution is 7.86. The number of benzene rings is 2. The fourth-order valence-corrected chi connectivity index (χ4v) is 4.18. The van der Waals surface area contributed by atoms with Crippen LogP contribution in [0.15, 0.2) is 41.3 Å². The van der Waals surface area contributed by atoms with E-state index >= 15 is 0 Å². The molecular formula is C18H18F3NO2S. The molecule has 2 aromatic rings. The quantitative estimate of drug-likeness (QED) is 0.846. The Labute approximate surface area is 146 Å². The Hall–Kier alpha value is -2.02. The standard InChI is InChI=1S/C18H18F3NO2S/c1-24-16-9-10-17(15-8-3-2-7-14(15)16)25(23)22-13-6-4-5-12(11-13)18(19,20)21/h4-6,9-11,22H,2-3,7-8H2,1H3. The summed E-state index contributed by atoms with van der Waals surface area (Å²) in [6.45, 7) is 0. The molecule has 0 heterocycles. The molecule has 1 atom stereocenters. The molecular weight excluding hydrogens is 351 g/mol. The number of rotatable bonds is 4. The van der Waals surface area contributed by atoms with Crippen molar-refractivity contribution in [2.24, 2.45) is 0 Å². The minimum absolute atomic E-state index is 0.175. The molecule has 1 aliphatic rings. The third-order valence-electron chi connectivity index (χ3n) is 4.27. The van der Waals surface area contributed by atoms with E-state index in [1.807, 2.05) is 0 Å². The van der Waals surface area contributed by atoms with E-state index in [4.69, 9.17) is 4.74 Å². The lowest BCUT2D eigenvalue weighted by Gasteiger charge is -2.22. The first-order valence-electron chi connectivity index (χ1n) is 7.94. The SMILES string of the molecule is COc1ccc(S(=O)Nc2cccc(C(F)(F)F)c2)c2c1CCCC2. The van der Waals surface area contributed by atoms with E-state index in [9.17, 15) is 17.4 Å². The number of fused-ring (bicyclic) bond motifs is 1. The molecule has 3 rings (SSSR count). The molecule has 7 heteroatoms. The predicted molar refractivity (Wildman–Crippen MR) is 91.1 cm³/mol. The largest absolute Gasteiger partial charge is 0.496 e. The van der Waals surface area contributed by atoms with E-state index in [1.54, 1.807) is 19.2 Å². The molecule has 0 spiro atoms. The van der Waals surface area contributed by atoms with Crippen LogP contribution < -0.4 is 9.46 Å². The Morgan fingerprint density at radius 2 is 1.80 bits per heavy atom. The van der Waals surface area contributed by atoms with Gasteiger partial charge in [-0.25, -0.2) is 4.21 Å². The normalized spacial score (nSPS) is 15.4.